The molecule has 1 heterocycles. The number of aromatic hydroxyl groups is 1. The van der Waals surface area contributed by atoms with E-state index in [9.17, 15) is 15.0 Å². The van der Waals surface area contributed by atoms with Gasteiger partial charge in [0.25, 0.3) is 0 Å². The van der Waals surface area contributed by atoms with Gasteiger partial charge in [0, 0.05) is 10.8 Å². The number of nitrogens with zero attached hydrogens (tertiary/aromatic N) is 1. The number of carbonyl (C=O) groups is 1. The van der Waals surface area contributed by atoms with Crippen LogP contribution in [0.5, 0.6) is 5.75 Å². The van der Waals surface area contributed by atoms with Gasteiger partial charge >= 0.3 is 5.97 Å². The highest BCUT2D eigenvalue weighted by Crippen LogP contribution is 2.56. The van der Waals surface area contributed by atoms with Gasteiger partial charge in [-0.25, -0.2) is 9.78 Å². The number of hydrogen-bond donors (Lipinski definition) is 2. The lowest BCUT2D eigenvalue weighted by Crippen LogP contribution is -2.14. The van der Waals surface area contributed by atoms with Crippen LogP contribution in [0.25, 0.3) is 10.9 Å². The van der Waals surface area contributed by atoms with E-state index in [2.05, 4.69) is 13.8 Å². The molecule has 0 amide bonds. The summed E-state index contributed by atoms with van der Waals surface area (Å²) in [5.74, 6) is -1.06. The van der Waals surface area contributed by atoms with Crippen LogP contribution in [0.4, 0.5) is 0 Å². The molecule has 4 rings (SSSR count). The van der Waals surface area contributed by atoms with Crippen LogP contribution in [0.15, 0.2) is 48.5 Å². The first-order valence-corrected chi connectivity index (χ1v) is 9.44. The lowest BCUT2D eigenvalue weighted by atomic mass is 9.88. The van der Waals surface area contributed by atoms with Crippen molar-refractivity contribution in [2.45, 2.75) is 44.4 Å². The molecule has 0 bridgehead atoms. The van der Waals surface area contributed by atoms with Crippen molar-refractivity contribution in [3.05, 3.63) is 70.9 Å². The minimum absolute atomic E-state index is 0.0395. The summed E-state index contributed by atoms with van der Waals surface area (Å²) in [6.45, 7) is 4.22. The number of pyridine rings is 1. The van der Waals surface area contributed by atoms with Crippen molar-refractivity contribution in [3.8, 4) is 5.75 Å². The van der Waals surface area contributed by atoms with Crippen molar-refractivity contribution in [2.24, 2.45) is 0 Å². The first-order chi connectivity index (χ1) is 13.0. The minimum atomic E-state index is -1.12. The molecule has 2 aromatic carbocycles. The summed E-state index contributed by atoms with van der Waals surface area (Å²) < 4.78 is 0. The van der Waals surface area contributed by atoms with E-state index < -0.39 is 11.4 Å². The van der Waals surface area contributed by atoms with Crippen molar-refractivity contribution < 1.29 is 15.0 Å². The molecule has 2 N–H and O–H groups in total. The molecule has 1 aliphatic carbocycles. The summed E-state index contributed by atoms with van der Waals surface area (Å²) in [4.78, 5) is 16.9. The van der Waals surface area contributed by atoms with Gasteiger partial charge < -0.3 is 10.2 Å². The van der Waals surface area contributed by atoms with Crippen LogP contribution < -0.4 is 0 Å². The second-order valence-corrected chi connectivity index (χ2v) is 7.49. The number of benzene rings is 2. The van der Waals surface area contributed by atoms with Crippen LogP contribution in [-0.2, 0) is 5.41 Å². The van der Waals surface area contributed by atoms with Crippen LogP contribution in [0.1, 0.15) is 66.2 Å². The van der Waals surface area contributed by atoms with Crippen molar-refractivity contribution in [3.63, 3.8) is 0 Å². The van der Waals surface area contributed by atoms with E-state index in [1.54, 1.807) is 6.07 Å². The fourth-order valence-electron chi connectivity index (χ4n) is 4.01. The van der Waals surface area contributed by atoms with Crippen LogP contribution >= 0.6 is 0 Å². The molecule has 1 fully saturated rings. The second kappa shape index (κ2) is 6.38. The standard InChI is InChI=1S/C23H23NO3/c1-3-14(2)16-10-7-11-17-18(22(26)27)20(25)21(24-19(16)17)23(12-13-23)15-8-5-4-6-9-15/h4-11,14,25H,3,12-13H2,1-2H3,(H,26,27). The molecule has 1 aliphatic rings. The van der Waals surface area contributed by atoms with E-state index in [1.165, 1.54) is 0 Å². The zero-order valence-electron chi connectivity index (χ0n) is 15.6. The molecular formula is C23H23NO3. The molecular weight excluding hydrogens is 338 g/mol. The summed E-state index contributed by atoms with van der Waals surface area (Å²) in [5.41, 5.74) is 2.86. The van der Waals surface area contributed by atoms with Gasteiger partial charge in [-0.05, 0) is 36.3 Å². The van der Waals surface area contributed by atoms with E-state index in [-0.39, 0.29) is 17.2 Å². The number of carboxylic acid groups (broad SMARTS) is 1. The molecule has 4 nitrogen and oxygen atoms in total. The largest absolute Gasteiger partial charge is 0.505 e. The highest BCUT2D eigenvalue weighted by molar-refractivity contribution is 6.06. The molecule has 138 valence electrons. The van der Waals surface area contributed by atoms with E-state index in [0.29, 0.717) is 16.6 Å². The summed E-state index contributed by atoms with van der Waals surface area (Å²) in [5, 5.41) is 21.3. The zero-order valence-corrected chi connectivity index (χ0v) is 15.6. The topological polar surface area (TPSA) is 70.4 Å². The van der Waals surface area contributed by atoms with E-state index in [4.69, 9.17) is 4.98 Å². The van der Waals surface area contributed by atoms with Gasteiger partial charge in [0.05, 0.1) is 11.2 Å². The average molecular weight is 361 g/mol. The van der Waals surface area contributed by atoms with Gasteiger partial charge in [0.1, 0.15) is 5.56 Å². The number of aromatic nitrogens is 1. The number of aromatic carboxylic acids is 1. The third kappa shape index (κ3) is 2.67. The Labute approximate surface area is 158 Å². The second-order valence-electron chi connectivity index (χ2n) is 7.49. The smallest absolute Gasteiger partial charge is 0.340 e. The van der Waals surface area contributed by atoms with Crippen molar-refractivity contribution in [1.29, 1.82) is 0 Å². The molecule has 27 heavy (non-hydrogen) atoms. The van der Waals surface area contributed by atoms with Crippen molar-refractivity contribution >= 4 is 16.9 Å². The quantitative estimate of drug-likeness (QED) is 0.652. The van der Waals surface area contributed by atoms with Gasteiger partial charge in [0.2, 0.25) is 0 Å². The maximum Gasteiger partial charge on any atom is 0.340 e. The number of carboxylic acids is 1. The minimum Gasteiger partial charge on any atom is -0.505 e. The van der Waals surface area contributed by atoms with E-state index in [1.807, 2.05) is 42.5 Å². The van der Waals surface area contributed by atoms with Crippen LogP contribution in [0, 0.1) is 0 Å². The normalized spacial score (nSPS) is 16.2. The van der Waals surface area contributed by atoms with Crippen molar-refractivity contribution in [1.82, 2.24) is 4.98 Å². The Morgan fingerprint density at radius 3 is 2.44 bits per heavy atom. The monoisotopic (exact) mass is 361 g/mol. The third-order valence-electron chi connectivity index (χ3n) is 5.91. The lowest BCUT2D eigenvalue weighted by Gasteiger charge is -2.21. The lowest BCUT2D eigenvalue weighted by molar-refractivity contribution is 0.0695. The molecule has 3 aromatic rings. The Morgan fingerprint density at radius 1 is 1.15 bits per heavy atom. The molecule has 4 heteroatoms. The average Bonchev–Trinajstić information content (AvgIpc) is 3.48. The number of rotatable bonds is 5. The predicted molar refractivity (Wildman–Crippen MR) is 106 cm³/mol. The van der Waals surface area contributed by atoms with Crippen molar-refractivity contribution in [2.75, 3.05) is 0 Å². The summed E-state index contributed by atoms with van der Waals surface area (Å²) in [6, 6.07) is 15.5. The third-order valence-corrected chi connectivity index (χ3v) is 5.91. The Kier molecular flexibility index (Phi) is 4.14. The van der Waals surface area contributed by atoms with Gasteiger partial charge in [-0.15, -0.1) is 0 Å². The first kappa shape index (κ1) is 17.5. The van der Waals surface area contributed by atoms with Crippen LogP contribution in [0.3, 0.4) is 0 Å². The Balaban J connectivity index is 2.05. The molecule has 0 radical (unpaired) electrons. The number of fused-ring (bicyclic) bond motifs is 1. The van der Waals surface area contributed by atoms with Gasteiger partial charge in [-0.3, -0.25) is 0 Å². The molecule has 0 saturated heterocycles. The summed E-state index contributed by atoms with van der Waals surface area (Å²) in [6.07, 6.45) is 2.64. The zero-order chi connectivity index (χ0) is 19.2. The number of hydrogen-bond acceptors (Lipinski definition) is 3. The predicted octanol–water partition coefficient (Wildman–Crippen LogP) is 5.23. The Bertz CT molecular complexity index is 1020. The SMILES string of the molecule is CCC(C)c1cccc2c(C(=O)O)c(O)c(C3(c4ccccc4)CC3)nc12. The molecule has 1 aromatic heterocycles. The molecule has 0 spiro atoms. The Morgan fingerprint density at radius 2 is 1.85 bits per heavy atom. The van der Waals surface area contributed by atoms with Crippen LogP contribution in [0.2, 0.25) is 0 Å². The molecule has 0 aliphatic heterocycles. The number of para-hydroxylation sites is 1. The van der Waals surface area contributed by atoms with E-state index in [0.717, 1.165) is 30.4 Å². The Hall–Kier alpha value is -2.88. The molecule has 1 unspecified atom stereocenters. The fourth-order valence-corrected chi connectivity index (χ4v) is 4.01. The highest BCUT2D eigenvalue weighted by atomic mass is 16.4. The fraction of sp³-hybridized carbons (Fsp3) is 0.304. The maximum absolute atomic E-state index is 12.0. The first-order valence-electron chi connectivity index (χ1n) is 9.44. The van der Waals surface area contributed by atoms with E-state index >= 15 is 0 Å². The maximum atomic E-state index is 12.0. The van der Waals surface area contributed by atoms with Gasteiger partial charge in [0.15, 0.2) is 5.75 Å². The summed E-state index contributed by atoms with van der Waals surface area (Å²) >= 11 is 0. The molecule has 1 saturated carbocycles. The van der Waals surface area contributed by atoms with Gasteiger partial charge in [-0.2, -0.15) is 0 Å². The summed E-state index contributed by atoms with van der Waals surface area (Å²) in [7, 11) is 0. The van der Waals surface area contributed by atoms with Gasteiger partial charge in [-0.1, -0.05) is 62.4 Å². The highest BCUT2D eigenvalue weighted by Gasteiger charge is 2.50. The molecule has 1 atom stereocenters. The van der Waals surface area contributed by atoms with Crippen LogP contribution in [-0.4, -0.2) is 21.2 Å².